The molecular weight excluding hydrogens is 260 g/mol. The summed E-state index contributed by atoms with van der Waals surface area (Å²) in [7, 11) is 0. The summed E-state index contributed by atoms with van der Waals surface area (Å²) >= 11 is 0. The first-order valence-electron chi connectivity index (χ1n) is 7.94. The molecule has 1 aromatic heterocycles. The van der Waals surface area contributed by atoms with Gasteiger partial charge in [0.05, 0.1) is 12.1 Å². The van der Waals surface area contributed by atoms with Crippen LogP contribution >= 0.6 is 0 Å². The van der Waals surface area contributed by atoms with E-state index < -0.39 is 0 Å². The first-order chi connectivity index (χ1) is 10.1. The Hall–Kier alpha value is -1.77. The smallest absolute Gasteiger partial charge is 0.120 e. The maximum atomic E-state index is 5.74. The van der Waals surface area contributed by atoms with E-state index in [-0.39, 0.29) is 0 Å². The molecule has 0 amide bonds. The minimum Gasteiger partial charge on any atom is -0.494 e. The number of fused-ring (bicyclic) bond motifs is 1. The van der Waals surface area contributed by atoms with E-state index >= 15 is 0 Å². The average Bonchev–Trinajstić information content (AvgIpc) is 2.45. The van der Waals surface area contributed by atoms with Crippen LogP contribution < -0.4 is 10.1 Å². The van der Waals surface area contributed by atoms with Crippen LogP contribution in [-0.4, -0.2) is 18.1 Å². The first kappa shape index (κ1) is 15.6. The molecule has 0 saturated heterocycles. The van der Waals surface area contributed by atoms with Crippen LogP contribution in [0.25, 0.3) is 10.9 Å². The lowest BCUT2D eigenvalue weighted by atomic mass is 10.1. The van der Waals surface area contributed by atoms with Crippen molar-refractivity contribution in [2.45, 2.75) is 40.5 Å². The highest BCUT2D eigenvalue weighted by atomic mass is 16.5. The van der Waals surface area contributed by atoms with Gasteiger partial charge in [0.25, 0.3) is 0 Å². The SMILES string of the molecule is CCCOc1ccc2nc(CC(C)C)cc(NCC)c2c1. The Kier molecular flexibility index (Phi) is 5.43. The summed E-state index contributed by atoms with van der Waals surface area (Å²) in [6, 6.07) is 8.34. The van der Waals surface area contributed by atoms with Crippen LogP contribution in [0.4, 0.5) is 5.69 Å². The Morgan fingerprint density at radius 1 is 1.19 bits per heavy atom. The normalized spacial score (nSPS) is 11.1. The molecule has 0 aliphatic rings. The fourth-order valence-electron chi connectivity index (χ4n) is 2.43. The van der Waals surface area contributed by atoms with Crippen LogP contribution in [0.1, 0.15) is 39.8 Å². The maximum Gasteiger partial charge on any atom is 0.120 e. The van der Waals surface area contributed by atoms with Crippen molar-refractivity contribution >= 4 is 16.6 Å². The van der Waals surface area contributed by atoms with Crippen molar-refractivity contribution in [1.29, 1.82) is 0 Å². The van der Waals surface area contributed by atoms with Crippen LogP contribution in [0.5, 0.6) is 5.75 Å². The monoisotopic (exact) mass is 286 g/mol. The van der Waals surface area contributed by atoms with Crippen molar-refractivity contribution in [1.82, 2.24) is 4.98 Å². The molecule has 1 heterocycles. The Bertz CT molecular complexity index is 593. The summed E-state index contributed by atoms with van der Waals surface area (Å²) in [5.74, 6) is 1.53. The third-order valence-corrected chi connectivity index (χ3v) is 3.29. The van der Waals surface area contributed by atoms with Crippen molar-refractivity contribution < 1.29 is 4.74 Å². The molecule has 21 heavy (non-hydrogen) atoms. The highest BCUT2D eigenvalue weighted by Crippen LogP contribution is 2.28. The van der Waals surface area contributed by atoms with E-state index in [1.165, 1.54) is 0 Å². The number of hydrogen-bond donors (Lipinski definition) is 1. The van der Waals surface area contributed by atoms with Gasteiger partial charge in [-0.3, -0.25) is 4.98 Å². The summed E-state index contributed by atoms with van der Waals surface area (Å²) in [5, 5.41) is 4.59. The molecule has 0 spiro atoms. The van der Waals surface area contributed by atoms with Crippen LogP contribution in [0, 0.1) is 5.92 Å². The van der Waals surface area contributed by atoms with Crippen molar-refractivity contribution in [2.75, 3.05) is 18.5 Å². The number of nitrogens with zero attached hydrogens (tertiary/aromatic N) is 1. The lowest BCUT2D eigenvalue weighted by molar-refractivity contribution is 0.318. The van der Waals surface area contributed by atoms with E-state index in [0.717, 1.165) is 54.0 Å². The van der Waals surface area contributed by atoms with Gasteiger partial charge in [0.2, 0.25) is 0 Å². The standard InChI is InChI=1S/C18H26N2O/c1-5-9-21-15-7-8-17-16(12-15)18(19-6-2)11-14(20-17)10-13(3)4/h7-8,11-13H,5-6,9-10H2,1-4H3,(H,19,20). The van der Waals surface area contributed by atoms with Crippen molar-refractivity contribution in [3.05, 3.63) is 30.0 Å². The first-order valence-corrected chi connectivity index (χ1v) is 7.94. The van der Waals surface area contributed by atoms with Crippen molar-refractivity contribution in [3.8, 4) is 5.75 Å². The predicted octanol–water partition coefficient (Wildman–Crippen LogP) is 4.65. The van der Waals surface area contributed by atoms with E-state index in [1.54, 1.807) is 0 Å². The number of nitrogens with one attached hydrogen (secondary N) is 1. The quantitative estimate of drug-likeness (QED) is 0.804. The molecule has 0 aliphatic heterocycles. The topological polar surface area (TPSA) is 34.1 Å². The highest BCUT2D eigenvalue weighted by molar-refractivity contribution is 5.92. The molecule has 3 heteroatoms. The Labute approximate surface area is 127 Å². The summed E-state index contributed by atoms with van der Waals surface area (Å²) in [6.07, 6.45) is 2.02. The molecule has 1 aromatic carbocycles. The molecule has 2 rings (SSSR count). The van der Waals surface area contributed by atoms with Gasteiger partial charge < -0.3 is 10.1 Å². The molecule has 3 nitrogen and oxygen atoms in total. The van der Waals surface area contributed by atoms with Gasteiger partial charge in [0.1, 0.15) is 5.75 Å². The van der Waals surface area contributed by atoms with E-state index in [0.29, 0.717) is 5.92 Å². The molecule has 2 aromatic rings. The maximum absolute atomic E-state index is 5.74. The molecule has 0 fully saturated rings. The molecule has 0 unspecified atom stereocenters. The predicted molar refractivity (Wildman–Crippen MR) is 90.2 cm³/mol. The Morgan fingerprint density at radius 3 is 2.67 bits per heavy atom. The van der Waals surface area contributed by atoms with E-state index in [2.05, 4.69) is 51.2 Å². The van der Waals surface area contributed by atoms with Crippen LogP contribution in [0.3, 0.4) is 0 Å². The fourth-order valence-corrected chi connectivity index (χ4v) is 2.43. The lowest BCUT2D eigenvalue weighted by Crippen LogP contribution is -2.03. The number of benzene rings is 1. The second-order valence-corrected chi connectivity index (χ2v) is 5.82. The van der Waals surface area contributed by atoms with Gasteiger partial charge in [-0.25, -0.2) is 0 Å². The average molecular weight is 286 g/mol. The highest BCUT2D eigenvalue weighted by Gasteiger charge is 2.08. The molecule has 0 aliphatic carbocycles. The second kappa shape index (κ2) is 7.30. The largest absolute Gasteiger partial charge is 0.494 e. The Morgan fingerprint density at radius 2 is 2.00 bits per heavy atom. The van der Waals surface area contributed by atoms with Gasteiger partial charge in [0, 0.05) is 23.3 Å². The summed E-state index contributed by atoms with van der Waals surface area (Å²) in [6.45, 7) is 10.3. The summed E-state index contributed by atoms with van der Waals surface area (Å²) < 4.78 is 5.74. The zero-order valence-corrected chi connectivity index (χ0v) is 13.6. The number of ether oxygens (including phenoxy) is 1. The number of rotatable bonds is 7. The minimum absolute atomic E-state index is 0.608. The molecule has 0 bridgehead atoms. The number of hydrogen-bond acceptors (Lipinski definition) is 3. The Balaban J connectivity index is 2.42. The molecule has 0 radical (unpaired) electrons. The second-order valence-electron chi connectivity index (χ2n) is 5.82. The summed E-state index contributed by atoms with van der Waals surface area (Å²) in [4.78, 5) is 4.78. The van der Waals surface area contributed by atoms with Gasteiger partial charge in [-0.15, -0.1) is 0 Å². The van der Waals surface area contributed by atoms with Crippen LogP contribution in [-0.2, 0) is 6.42 Å². The minimum atomic E-state index is 0.608. The van der Waals surface area contributed by atoms with Crippen molar-refractivity contribution in [3.63, 3.8) is 0 Å². The lowest BCUT2D eigenvalue weighted by Gasteiger charge is -2.13. The van der Waals surface area contributed by atoms with E-state index in [4.69, 9.17) is 9.72 Å². The molecule has 0 atom stereocenters. The van der Waals surface area contributed by atoms with Gasteiger partial charge >= 0.3 is 0 Å². The van der Waals surface area contributed by atoms with Crippen LogP contribution in [0.2, 0.25) is 0 Å². The third kappa shape index (κ3) is 4.10. The fraction of sp³-hybridized carbons (Fsp3) is 0.500. The summed E-state index contributed by atoms with van der Waals surface area (Å²) in [5.41, 5.74) is 3.34. The molecule has 1 N–H and O–H groups in total. The van der Waals surface area contributed by atoms with Gasteiger partial charge in [0.15, 0.2) is 0 Å². The molecule has 0 saturated carbocycles. The van der Waals surface area contributed by atoms with Gasteiger partial charge in [-0.1, -0.05) is 20.8 Å². The van der Waals surface area contributed by atoms with E-state index in [9.17, 15) is 0 Å². The van der Waals surface area contributed by atoms with Gasteiger partial charge in [-0.05, 0) is 49.9 Å². The number of pyridine rings is 1. The number of aromatic nitrogens is 1. The molecular formula is C18H26N2O. The molecule has 114 valence electrons. The van der Waals surface area contributed by atoms with Crippen molar-refractivity contribution in [2.24, 2.45) is 5.92 Å². The number of anilines is 1. The zero-order chi connectivity index (χ0) is 15.2. The van der Waals surface area contributed by atoms with Gasteiger partial charge in [-0.2, -0.15) is 0 Å². The van der Waals surface area contributed by atoms with E-state index in [1.807, 2.05) is 6.07 Å². The third-order valence-electron chi connectivity index (χ3n) is 3.29. The zero-order valence-electron chi connectivity index (χ0n) is 13.6. The van der Waals surface area contributed by atoms with Crippen LogP contribution in [0.15, 0.2) is 24.3 Å².